The molecule has 1 aliphatic heterocycles. The van der Waals surface area contributed by atoms with Gasteiger partial charge in [0.1, 0.15) is 22.4 Å². The molecular formula is C46H92N8O8. The van der Waals surface area contributed by atoms with Crippen molar-refractivity contribution >= 4 is 24.4 Å². The van der Waals surface area contributed by atoms with E-state index in [0.29, 0.717) is 26.2 Å². The molecule has 16 heteroatoms. The standard InChI is InChI=1S/C46H92N8O8/c1-43(2,3)59-39(55)47-23-13-17-27-51-31-21-32-53(29-19-15-25-49-41(57)61-45(7,8)9)37-38-54(30-20-16-26-50-42(58)62-46(10,11)12)34-22-33-52(36-35-51)28-18-14-24-48-40(56)60-44(4,5)6/h13-38H2,1-12H3,(H,47,55)(H,48,56)(H,49,57)(H,50,58). The van der Waals surface area contributed by atoms with E-state index >= 15 is 0 Å². The van der Waals surface area contributed by atoms with Crippen molar-refractivity contribution in [3.05, 3.63) is 0 Å². The molecule has 0 aromatic rings. The lowest BCUT2D eigenvalue weighted by atomic mass is 10.2. The number of carbonyl (C=O) groups is 4. The molecule has 0 aliphatic carbocycles. The van der Waals surface area contributed by atoms with Gasteiger partial charge in [0.2, 0.25) is 0 Å². The van der Waals surface area contributed by atoms with E-state index in [0.717, 1.165) is 143 Å². The third kappa shape index (κ3) is 35.4. The Kier molecular flexibility index (Phi) is 27.7. The predicted molar refractivity (Wildman–Crippen MR) is 249 cm³/mol. The summed E-state index contributed by atoms with van der Waals surface area (Å²) in [7, 11) is 0. The molecule has 1 aliphatic rings. The number of nitrogens with zero attached hydrogens (tertiary/aromatic N) is 4. The Hall–Kier alpha value is -3.08. The van der Waals surface area contributed by atoms with Gasteiger partial charge in [0, 0.05) is 52.4 Å². The molecule has 0 aromatic heterocycles. The van der Waals surface area contributed by atoms with Crippen molar-refractivity contribution in [2.24, 2.45) is 0 Å². The largest absolute Gasteiger partial charge is 0.444 e. The summed E-state index contributed by atoms with van der Waals surface area (Å²) < 4.78 is 21.7. The molecule has 1 rings (SSSR count). The van der Waals surface area contributed by atoms with Crippen molar-refractivity contribution in [2.75, 3.05) is 105 Å². The highest BCUT2D eigenvalue weighted by Gasteiger charge is 2.20. The number of hydrogen-bond donors (Lipinski definition) is 4. The number of hydrogen-bond acceptors (Lipinski definition) is 12. The van der Waals surface area contributed by atoms with E-state index in [2.05, 4.69) is 40.9 Å². The minimum atomic E-state index is -0.521. The van der Waals surface area contributed by atoms with Gasteiger partial charge in [-0.05, 0) is 200 Å². The van der Waals surface area contributed by atoms with E-state index in [1.165, 1.54) is 0 Å². The average Bonchev–Trinajstić information content (AvgIpc) is 3.10. The summed E-state index contributed by atoms with van der Waals surface area (Å²) in [6.45, 7) is 36.4. The van der Waals surface area contributed by atoms with Crippen molar-refractivity contribution < 1.29 is 38.1 Å². The maximum absolute atomic E-state index is 12.2. The zero-order valence-corrected chi connectivity index (χ0v) is 41.4. The first-order chi connectivity index (χ1) is 28.9. The molecule has 0 aromatic carbocycles. The van der Waals surface area contributed by atoms with Crippen molar-refractivity contribution in [1.82, 2.24) is 40.9 Å². The van der Waals surface area contributed by atoms with Gasteiger partial charge in [-0.25, -0.2) is 19.2 Å². The first kappa shape index (κ1) is 56.9. The van der Waals surface area contributed by atoms with Crippen molar-refractivity contribution in [3.8, 4) is 0 Å². The molecule has 0 unspecified atom stereocenters. The quantitative estimate of drug-likeness (QED) is 0.0719. The maximum atomic E-state index is 12.2. The molecule has 4 N–H and O–H groups in total. The topological polar surface area (TPSA) is 166 Å². The smallest absolute Gasteiger partial charge is 0.407 e. The van der Waals surface area contributed by atoms with Gasteiger partial charge in [0.15, 0.2) is 0 Å². The molecule has 0 bridgehead atoms. The van der Waals surface area contributed by atoms with Crippen molar-refractivity contribution in [3.63, 3.8) is 0 Å². The van der Waals surface area contributed by atoms with E-state index < -0.39 is 22.4 Å². The highest BCUT2D eigenvalue weighted by molar-refractivity contribution is 5.68. The van der Waals surface area contributed by atoms with Crippen LogP contribution in [0, 0.1) is 0 Å². The van der Waals surface area contributed by atoms with Gasteiger partial charge in [-0.15, -0.1) is 0 Å². The van der Waals surface area contributed by atoms with Crippen LogP contribution < -0.4 is 21.3 Å². The van der Waals surface area contributed by atoms with Gasteiger partial charge in [-0.3, -0.25) is 0 Å². The van der Waals surface area contributed by atoms with Crippen molar-refractivity contribution in [2.45, 2.75) is 170 Å². The molecule has 4 amide bonds. The Morgan fingerprint density at radius 2 is 0.532 bits per heavy atom. The number of ether oxygens (including phenoxy) is 4. The summed E-state index contributed by atoms with van der Waals surface area (Å²) in [5, 5.41) is 11.6. The first-order valence-electron chi connectivity index (χ1n) is 23.7. The van der Waals surface area contributed by atoms with E-state index in [-0.39, 0.29) is 24.4 Å². The molecule has 0 atom stereocenters. The molecular weight excluding hydrogens is 793 g/mol. The van der Waals surface area contributed by atoms with Gasteiger partial charge in [0.05, 0.1) is 0 Å². The fraction of sp³-hybridized carbons (Fsp3) is 0.913. The highest BCUT2D eigenvalue weighted by Crippen LogP contribution is 2.11. The number of amides is 4. The Morgan fingerprint density at radius 1 is 0.339 bits per heavy atom. The lowest BCUT2D eigenvalue weighted by molar-refractivity contribution is 0.0514. The zero-order valence-electron chi connectivity index (χ0n) is 41.4. The molecule has 1 saturated heterocycles. The van der Waals surface area contributed by atoms with E-state index in [1.807, 2.05) is 83.1 Å². The second kappa shape index (κ2) is 30.1. The van der Waals surface area contributed by atoms with Gasteiger partial charge in [-0.2, -0.15) is 0 Å². The Balaban J connectivity index is 2.99. The van der Waals surface area contributed by atoms with Gasteiger partial charge in [0.25, 0.3) is 0 Å². The summed E-state index contributed by atoms with van der Waals surface area (Å²) >= 11 is 0. The third-order valence-electron chi connectivity index (χ3n) is 9.64. The molecule has 16 nitrogen and oxygen atoms in total. The van der Waals surface area contributed by atoms with Gasteiger partial charge in [-0.1, -0.05) is 0 Å². The van der Waals surface area contributed by atoms with Crippen molar-refractivity contribution in [1.29, 1.82) is 0 Å². The van der Waals surface area contributed by atoms with Crippen LogP contribution in [0.4, 0.5) is 19.2 Å². The summed E-state index contributed by atoms with van der Waals surface area (Å²) in [6.07, 6.45) is 7.99. The minimum absolute atomic E-state index is 0.373. The predicted octanol–water partition coefficient (Wildman–Crippen LogP) is 7.21. The van der Waals surface area contributed by atoms with Crippen LogP contribution in [0.5, 0.6) is 0 Å². The molecule has 1 fully saturated rings. The maximum Gasteiger partial charge on any atom is 0.407 e. The van der Waals surface area contributed by atoms with Crippen LogP contribution in [0.25, 0.3) is 0 Å². The summed E-state index contributed by atoms with van der Waals surface area (Å²) in [6, 6.07) is 0. The Bertz CT molecular complexity index is 1060. The number of carbonyl (C=O) groups excluding carboxylic acids is 4. The van der Waals surface area contributed by atoms with Crippen LogP contribution in [-0.2, 0) is 18.9 Å². The van der Waals surface area contributed by atoms with E-state index in [4.69, 9.17) is 18.9 Å². The first-order valence-corrected chi connectivity index (χ1v) is 23.7. The molecule has 364 valence electrons. The SMILES string of the molecule is CC(C)(C)OC(=O)NCCCCN1CCCN(CCCCNC(=O)OC(C)(C)C)CCN(CCCCNC(=O)OC(C)(C)C)CCCN(CCCCNC(=O)OC(C)(C)C)CC1. The molecule has 1 heterocycles. The van der Waals surface area contributed by atoms with Crippen LogP contribution in [0.3, 0.4) is 0 Å². The second-order valence-electron chi connectivity index (χ2n) is 20.6. The zero-order chi connectivity index (χ0) is 46.7. The Labute approximate surface area is 376 Å². The lowest BCUT2D eigenvalue weighted by Gasteiger charge is -2.32. The molecule has 62 heavy (non-hydrogen) atoms. The highest BCUT2D eigenvalue weighted by atomic mass is 16.6. The number of nitrogens with one attached hydrogen (secondary N) is 4. The van der Waals surface area contributed by atoms with Crippen LogP contribution in [0.1, 0.15) is 147 Å². The molecule has 0 radical (unpaired) electrons. The molecule has 0 spiro atoms. The van der Waals surface area contributed by atoms with Crippen LogP contribution in [0.2, 0.25) is 0 Å². The van der Waals surface area contributed by atoms with Crippen LogP contribution in [-0.4, -0.2) is 171 Å². The van der Waals surface area contributed by atoms with Gasteiger partial charge >= 0.3 is 24.4 Å². The summed E-state index contributed by atoms with van der Waals surface area (Å²) in [4.78, 5) is 59.1. The summed E-state index contributed by atoms with van der Waals surface area (Å²) in [5.41, 5.74) is -2.08. The molecule has 0 saturated carbocycles. The number of alkyl carbamates (subject to hydrolysis) is 4. The third-order valence-corrected chi connectivity index (χ3v) is 9.64. The number of rotatable bonds is 20. The average molecular weight is 885 g/mol. The van der Waals surface area contributed by atoms with Crippen LogP contribution in [0.15, 0.2) is 0 Å². The fourth-order valence-electron chi connectivity index (χ4n) is 6.80. The monoisotopic (exact) mass is 885 g/mol. The lowest BCUT2D eigenvalue weighted by Crippen LogP contribution is -2.42. The summed E-state index contributed by atoms with van der Waals surface area (Å²) in [5.74, 6) is 0. The normalized spacial score (nSPS) is 16.5. The van der Waals surface area contributed by atoms with E-state index in [1.54, 1.807) is 0 Å². The van der Waals surface area contributed by atoms with Crippen LogP contribution >= 0.6 is 0 Å². The fourth-order valence-corrected chi connectivity index (χ4v) is 6.80. The Morgan fingerprint density at radius 3 is 0.710 bits per heavy atom. The van der Waals surface area contributed by atoms with E-state index in [9.17, 15) is 19.2 Å². The minimum Gasteiger partial charge on any atom is -0.444 e. The number of unbranched alkanes of at least 4 members (excludes halogenated alkanes) is 4. The second-order valence-corrected chi connectivity index (χ2v) is 20.6. The van der Waals surface area contributed by atoms with Gasteiger partial charge < -0.3 is 59.8 Å².